The van der Waals surface area contributed by atoms with Crippen LogP contribution in [0.2, 0.25) is 5.15 Å². The molecule has 10 heteroatoms. The van der Waals surface area contributed by atoms with E-state index in [1.54, 1.807) is 19.3 Å². The summed E-state index contributed by atoms with van der Waals surface area (Å²) in [6.45, 7) is 7.35. The number of carbonyl (C=O) groups is 1. The van der Waals surface area contributed by atoms with E-state index in [2.05, 4.69) is 4.98 Å². The summed E-state index contributed by atoms with van der Waals surface area (Å²) in [6.07, 6.45) is 1.67. The maximum Gasteiger partial charge on any atom is 0.324 e. The molecule has 1 atom stereocenters. The summed E-state index contributed by atoms with van der Waals surface area (Å²) in [4.78, 5) is 34.6. The van der Waals surface area contributed by atoms with E-state index in [1.807, 2.05) is 71.9 Å². The van der Waals surface area contributed by atoms with E-state index in [1.165, 1.54) is 0 Å². The Morgan fingerprint density at radius 1 is 1.23 bits per heavy atom. The van der Waals surface area contributed by atoms with Crippen molar-refractivity contribution >= 4 is 17.6 Å². The first-order chi connectivity index (χ1) is 16.7. The van der Waals surface area contributed by atoms with Gasteiger partial charge in [0.05, 0.1) is 18.1 Å². The highest BCUT2D eigenvalue weighted by Crippen LogP contribution is 2.27. The van der Waals surface area contributed by atoms with Crippen molar-refractivity contribution in [2.45, 2.75) is 40.0 Å². The molecule has 1 aliphatic heterocycles. The first-order valence-electron chi connectivity index (χ1n) is 11.6. The smallest absolute Gasteiger partial charge is 0.324 e. The second-order valence-electron chi connectivity index (χ2n) is 8.90. The molecule has 1 aliphatic rings. The minimum atomic E-state index is -0.617. The second-order valence-corrected chi connectivity index (χ2v) is 9.29. The fourth-order valence-electron chi connectivity index (χ4n) is 4.34. The zero-order valence-electron chi connectivity index (χ0n) is 20.6. The van der Waals surface area contributed by atoms with Crippen LogP contribution in [0.3, 0.4) is 0 Å². The molecule has 1 unspecified atom stereocenters. The standard InChI is InChI=1S/C25H32ClN5O4/c1-5-29(14-20-11-12-22(26)27-13-20)24-21(31(33)34)15-30(17-28(24)4)23(18(2)3)25(32)35-16-19-9-7-6-8-10-19/h6-13,18,23H,5,14-17H2,1-4H3. The lowest BCUT2D eigenvalue weighted by atomic mass is 10.0. The quantitative estimate of drug-likeness (QED) is 0.209. The highest BCUT2D eigenvalue weighted by Gasteiger charge is 2.40. The lowest BCUT2D eigenvalue weighted by Gasteiger charge is -2.42. The largest absolute Gasteiger partial charge is 0.460 e. The number of carbonyl (C=O) groups excluding carboxylic acids is 1. The Kier molecular flexibility index (Phi) is 9.06. The topological polar surface area (TPSA) is 92.0 Å². The van der Waals surface area contributed by atoms with Crippen molar-refractivity contribution in [2.75, 3.05) is 26.8 Å². The molecule has 2 aromatic rings. The molecule has 0 fully saturated rings. The van der Waals surface area contributed by atoms with Crippen LogP contribution in [0.5, 0.6) is 0 Å². The first kappa shape index (κ1) is 26.4. The van der Waals surface area contributed by atoms with Gasteiger partial charge in [0.2, 0.25) is 0 Å². The molecule has 35 heavy (non-hydrogen) atoms. The van der Waals surface area contributed by atoms with Gasteiger partial charge in [0.25, 0.3) is 5.70 Å². The van der Waals surface area contributed by atoms with Crippen LogP contribution in [0.1, 0.15) is 31.9 Å². The average molecular weight is 502 g/mol. The molecule has 0 amide bonds. The summed E-state index contributed by atoms with van der Waals surface area (Å²) in [5.74, 6) is 0.0514. The zero-order chi connectivity index (χ0) is 25.5. The Morgan fingerprint density at radius 2 is 1.94 bits per heavy atom. The molecule has 3 rings (SSSR count). The third kappa shape index (κ3) is 6.70. The van der Waals surface area contributed by atoms with Crippen molar-refractivity contribution < 1.29 is 14.5 Å². The molecule has 0 saturated carbocycles. The summed E-state index contributed by atoms with van der Waals surface area (Å²) in [5.41, 5.74) is 1.83. The van der Waals surface area contributed by atoms with Gasteiger partial charge in [-0.25, -0.2) is 4.98 Å². The van der Waals surface area contributed by atoms with Crippen LogP contribution in [0.15, 0.2) is 60.2 Å². The fraction of sp³-hybridized carbons (Fsp3) is 0.440. The van der Waals surface area contributed by atoms with E-state index in [0.717, 1.165) is 11.1 Å². The third-order valence-electron chi connectivity index (χ3n) is 5.92. The number of benzene rings is 1. The van der Waals surface area contributed by atoms with Gasteiger partial charge in [0, 0.05) is 26.3 Å². The van der Waals surface area contributed by atoms with Crippen LogP contribution in [-0.2, 0) is 22.7 Å². The molecule has 0 bridgehead atoms. The molecule has 1 aromatic heterocycles. The van der Waals surface area contributed by atoms with Gasteiger partial charge in [-0.2, -0.15) is 0 Å². The number of rotatable bonds is 10. The van der Waals surface area contributed by atoms with Crippen LogP contribution in [-0.4, -0.2) is 63.4 Å². The van der Waals surface area contributed by atoms with Crippen LogP contribution in [0.25, 0.3) is 0 Å². The van der Waals surface area contributed by atoms with E-state index in [4.69, 9.17) is 16.3 Å². The molecule has 0 N–H and O–H groups in total. The van der Waals surface area contributed by atoms with Gasteiger partial charge in [0.15, 0.2) is 5.82 Å². The number of nitrogens with zero attached hydrogens (tertiary/aromatic N) is 5. The van der Waals surface area contributed by atoms with Gasteiger partial charge in [-0.1, -0.05) is 61.8 Å². The van der Waals surface area contributed by atoms with E-state index in [0.29, 0.717) is 30.7 Å². The third-order valence-corrected chi connectivity index (χ3v) is 6.14. The lowest BCUT2D eigenvalue weighted by molar-refractivity contribution is -0.434. The van der Waals surface area contributed by atoms with Crippen molar-refractivity contribution in [3.05, 3.63) is 86.6 Å². The van der Waals surface area contributed by atoms with Crippen molar-refractivity contribution in [3.8, 4) is 0 Å². The summed E-state index contributed by atoms with van der Waals surface area (Å²) in [7, 11) is 1.81. The molecule has 9 nitrogen and oxygen atoms in total. The van der Waals surface area contributed by atoms with E-state index >= 15 is 0 Å². The Morgan fingerprint density at radius 3 is 2.51 bits per heavy atom. The Balaban J connectivity index is 1.82. The van der Waals surface area contributed by atoms with Crippen molar-refractivity contribution in [1.82, 2.24) is 19.7 Å². The van der Waals surface area contributed by atoms with Gasteiger partial charge >= 0.3 is 5.97 Å². The molecular formula is C25H32ClN5O4. The van der Waals surface area contributed by atoms with Crippen molar-refractivity contribution in [3.63, 3.8) is 0 Å². The highest BCUT2D eigenvalue weighted by molar-refractivity contribution is 6.29. The molecule has 0 radical (unpaired) electrons. The molecule has 0 spiro atoms. The van der Waals surface area contributed by atoms with Crippen LogP contribution in [0.4, 0.5) is 0 Å². The number of aromatic nitrogens is 1. The van der Waals surface area contributed by atoms with Crippen LogP contribution in [0, 0.1) is 16.0 Å². The molecule has 0 saturated heterocycles. The normalized spacial score (nSPS) is 15.3. The first-order valence-corrected chi connectivity index (χ1v) is 12.0. The maximum absolute atomic E-state index is 13.1. The number of pyridine rings is 1. The fourth-order valence-corrected chi connectivity index (χ4v) is 4.45. The maximum atomic E-state index is 13.1. The number of hydrogen-bond donors (Lipinski definition) is 0. The molecule has 188 valence electrons. The van der Waals surface area contributed by atoms with Crippen LogP contribution >= 0.6 is 11.6 Å². The van der Waals surface area contributed by atoms with Gasteiger partial charge in [-0.05, 0) is 30.0 Å². The summed E-state index contributed by atoms with van der Waals surface area (Å²) in [5, 5.41) is 12.6. The van der Waals surface area contributed by atoms with Crippen LogP contribution < -0.4 is 0 Å². The Labute approximate surface area is 211 Å². The molecule has 1 aromatic carbocycles. The summed E-state index contributed by atoms with van der Waals surface area (Å²) < 4.78 is 5.61. The van der Waals surface area contributed by atoms with Gasteiger partial charge in [-0.15, -0.1) is 0 Å². The summed E-state index contributed by atoms with van der Waals surface area (Å²) >= 11 is 5.90. The average Bonchev–Trinajstić information content (AvgIpc) is 2.83. The number of nitro groups is 1. The van der Waals surface area contributed by atoms with E-state index < -0.39 is 6.04 Å². The number of halogens is 1. The van der Waals surface area contributed by atoms with E-state index in [9.17, 15) is 14.9 Å². The number of esters is 1. The minimum Gasteiger partial charge on any atom is -0.460 e. The Bertz CT molecular complexity index is 1050. The van der Waals surface area contributed by atoms with Gasteiger partial charge in [-0.3, -0.25) is 19.8 Å². The van der Waals surface area contributed by atoms with E-state index in [-0.39, 0.29) is 35.7 Å². The van der Waals surface area contributed by atoms with Crippen molar-refractivity contribution in [2.24, 2.45) is 5.92 Å². The minimum absolute atomic E-state index is 0.0331. The predicted octanol–water partition coefficient (Wildman–Crippen LogP) is 3.98. The monoisotopic (exact) mass is 501 g/mol. The number of ether oxygens (including phenoxy) is 1. The Hall–Kier alpha value is -3.17. The number of hydrogen-bond acceptors (Lipinski definition) is 8. The van der Waals surface area contributed by atoms with Crippen molar-refractivity contribution in [1.29, 1.82) is 0 Å². The molecule has 2 heterocycles. The highest BCUT2D eigenvalue weighted by atomic mass is 35.5. The predicted molar refractivity (Wildman–Crippen MR) is 134 cm³/mol. The van der Waals surface area contributed by atoms with Gasteiger partial charge < -0.3 is 14.5 Å². The van der Waals surface area contributed by atoms with Gasteiger partial charge in [0.1, 0.15) is 17.8 Å². The second kappa shape index (κ2) is 12.0. The SMILES string of the molecule is CCN(Cc1ccc(Cl)nc1)C1=C([N+](=O)[O-])CN(C(C(=O)OCc2ccccc2)C(C)C)CN1C. The zero-order valence-corrected chi connectivity index (χ0v) is 21.3. The summed E-state index contributed by atoms with van der Waals surface area (Å²) in [6, 6.07) is 12.4. The molecular weight excluding hydrogens is 470 g/mol. The molecule has 0 aliphatic carbocycles. The lowest BCUT2D eigenvalue weighted by Crippen LogP contribution is -2.55.